The molecular weight excluding hydrogens is 446 g/mol. The van der Waals surface area contributed by atoms with Gasteiger partial charge in [-0.05, 0) is 42.8 Å². The largest absolute Gasteiger partial charge is 0.450 e. The number of hydrogen-bond donors (Lipinski definition) is 2. The molecule has 0 aliphatic heterocycles. The maximum Gasteiger partial charge on any atom is 0.413 e. The molecular formula is C24H21N9O2. The zero-order chi connectivity index (χ0) is 24.2. The second kappa shape index (κ2) is 9.51. The van der Waals surface area contributed by atoms with Crippen LogP contribution in [0, 0.1) is 0 Å². The highest BCUT2D eigenvalue weighted by Crippen LogP contribution is 2.32. The van der Waals surface area contributed by atoms with E-state index in [1.807, 2.05) is 37.4 Å². The minimum absolute atomic E-state index is 0.255. The van der Waals surface area contributed by atoms with E-state index >= 15 is 0 Å². The number of H-pyrrole nitrogens is 1. The molecule has 0 spiro atoms. The fourth-order valence-corrected chi connectivity index (χ4v) is 3.51. The van der Waals surface area contributed by atoms with Gasteiger partial charge in [-0.15, -0.1) is 0 Å². The van der Waals surface area contributed by atoms with Crippen LogP contribution in [0.4, 0.5) is 22.5 Å². The fourth-order valence-electron chi connectivity index (χ4n) is 3.51. The Morgan fingerprint density at radius 1 is 1.00 bits per heavy atom. The molecule has 4 aromatic heterocycles. The van der Waals surface area contributed by atoms with E-state index in [2.05, 4.69) is 40.2 Å². The maximum absolute atomic E-state index is 11.9. The number of benzene rings is 1. The molecule has 0 fully saturated rings. The van der Waals surface area contributed by atoms with Gasteiger partial charge in [-0.3, -0.25) is 10.2 Å². The molecule has 11 nitrogen and oxygen atoms in total. The number of fused-ring (bicyclic) bond motifs is 1. The van der Waals surface area contributed by atoms with E-state index < -0.39 is 6.09 Å². The van der Waals surface area contributed by atoms with Gasteiger partial charge in [0.15, 0.2) is 5.82 Å². The number of pyridine rings is 1. The highest BCUT2D eigenvalue weighted by molar-refractivity contribution is 5.96. The molecule has 35 heavy (non-hydrogen) atoms. The van der Waals surface area contributed by atoms with Crippen molar-refractivity contribution in [2.45, 2.75) is 6.92 Å². The molecule has 1 amide bonds. The second-order valence-corrected chi connectivity index (χ2v) is 7.44. The molecule has 0 saturated carbocycles. The summed E-state index contributed by atoms with van der Waals surface area (Å²) in [6.07, 6.45) is 7.94. The molecule has 0 aliphatic rings. The highest BCUT2D eigenvalue weighted by Gasteiger charge is 2.16. The van der Waals surface area contributed by atoms with Crippen LogP contribution >= 0.6 is 0 Å². The van der Waals surface area contributed by atoms with Crippen molar-refractivity contribution in [1.29, 1.82) is 0 Å². The molecule has 2 N–H and O–H groups in total. The molecule has 0 aliphatic carbocycles. The van der Waals surface area contributed by atoms with E-state index in [1.165, 1.54) is 0 Å². The maximum atomic E-state index is 11.9. The van der Waals surface area contributed by atoms with Crippen molar-refractivity contribution in [3.05, 3.63) is 67.4 Å². The van der Waals surface area contributed by atoms with Crippen molar-refractivity contribution >= 4 is 34.8 Å². The predicted molar refractivity (Wildman–Crippen MR) is 131 cm³/mol. The number of hydrogen-bond acceptors (Lipinski definition) is 9. The predicted octanol–water partition coefficient (Wildman–Crippen LogP) is 4.21. The van der Waals surface area contributed by atoms with Gasteiger partial charge in [0.1, 0.15) is 11.3 Å². The molecule has 4 heterocycles. The first-order valence-corrected chi connectivity index (χ1v) is 10.8. The molecule has 1 aromatic carbocycles. The molecule has 174 valence electrons. The number of aromatic nitrogens is 7. The summed E-state index contributed by atoms with van der Waals surface area (Å²) in [7, 11) is 1.86. The monoisotopic (exact) mass is 467 g/mol. The van der Waals surface area contributed by atoms with Crippen molar-refractivity contribution in [3.8, 4) is 22.5 Å². The number of imidazole rings is 1. The zero-order valence-corrected chi connectivity index (χ0v) is 19.0. The number of aromatic amines is 1. The second-order valence-electron chi connectivity index (χ2n) is 7.44. The topological polar surface area (TPSA) is 135 Å². The lowest BCUT2D eigenvalue weighted by Crippen LogP contribution is -2.14. The number of amides is 1. The third kappa shape index (κ3) is 4.60. The normalized spacial score (nSPS) is 10.8. The lowest BCUT2D eigenvalue weighted by molar-refractivity contribution is 0.167. The minimum Gasteiger partial charge on any atom is -0.450 e. The summed E-state index contributed by atoms with van der Waals surface area (Å²) in [4.78, 5) is 43.5. The van der Waals surface area contributed by atoms with Gasteiger partial charge in [-0.25, -0.2) is 34.7 Å². The Kier molecular flexibility index (Phi) is 5.95. The van der Waals surface area contributed by atoms with Crippen LogP contribution in [0.15, 0.2) is 67.4 Å². The smallest absolute Gasteiger partial charge is 0.413 e. The molecule has 11 heteroatoms. The van der Waals surface area contributed by atoms with Gasteiger partial charge in [0.2, 0.25) is 11.9 Å². The number of carbonyl (C=O) groups excluding carboxylic acids is 1. The van der Waals surface area contributed by atoms with Crippen LogP contribution in [0.2, 0.25) is 0 Å². The first-order chi connectivity index (χ1) is 17.1. The van der Waals surface area contributed by atoms with Crippen molar-refractivity contribution < 1.29 is 9.53 Å². The molecule has 0 saturated heterocycles. The average molecular weight is 467 g/mol. The summed E-state index contributed by atoms with van der Waals surface area (Å²) in [5, 5.41) is 2.60. The third-order valence-corrected chi connectivity index (χ3v) is 5.15. The fraction of sp³-hybridized carbons (Fsp3) is 0.125. The number of nitrogens with one attached hydrogen (secondary N) is 2. The van der Waals surface area contributed by atoms with Gasteiger partial charge in [0.05, 0.1) is 12.1 Å². The van der Waals surface area contributed by atoms with Crippen LogP contribution in [-0.2, 0) is 4.74 Å². The number of anilines is 3. The van der Waals surface area contributed by atoms with Crippen molar-refractivity contribution in [3.63, 3.8) is 0 Å². The Labute approximate surface area is 200 Å². The van der Waals surface area contributed by atoms with E-state index in [0.717, 1.165) is 16.9 Å². The standard InChI is InChI=1S/C24H21N9O2/c1-3-35-24(34)32-22-30-18-12-15(11-17(20(18)31-22)21-26-9-6-10-27-21)16-13-28-23(29-14-16)33(2)19-7-4-5-8-25-19/h4-14H,3H2,1-2H3,(H2,30,31,32,34). The van der Waals surface area contributed by atoms with Gasteiger partial charge >= 0.3 is 6.09 Å². The number of rotatable bonds is 6. The number of nitrogens with zero attached hydrogens (tertiary/aromatic N) is 7. The average Bonchev–Trinajstić information content (AvgIpc) is 3.31. The summed E-state index contributed by atoms with van der Waals surface area (Å²) in [5.41, 5.74) is 3.61. The Bertz CT molecular complexity index is 1460. The first-order valence-electron chi connectivity index (χ1n) is 10.8. The third-order valence-electron chi connectivity index (χ3n) is 5.15. The quantitative estimate of drug-likeness (QED) is 0.376. The number of ether oxygens (including phenoxy) is 1. The van der Waals surface area contributed by atoms with Crippen molar-refractivity contribution in [2.24, 2.45) is 0 Å². The van der Waals surface area contributed by atoms with E-state index in [-0.39, 0.29) is 12.6 Å². The van der Waals surface area contributed by atoms with E-state index in [0.29, 0.717) is 28.4 Å². The lowest BCUT2D eigenvalue weighted by atomic mass is 10.0. The van der Waals surface area contributed by atoms with E-state index in [4.69, 9.17) is 4.74 Å². The van der Waals surface area contributed by atoms with Gasteiger partial charge in [-0.2, -0.15) is 0 Å². The van der Waals surface area contributed by atoms with Crippen LogP contribution in [-0.4, -0.2) is 54.6 Å². The Balaban J connectivity index is 1.54. The molecule has 0 atom stereocenters. The van der Waals surface area contributed by atoms with Crippen molar-refractivity contribution in [1.82, 2.24) is 34.9 Å². The summed E-state index contributed by atoms with van der Waals surface area (Å²) < 4.78 is 4.95. The Hall–Kier alpha value is -4.93. The Morgan fingerprint density at radius 3 is 2.49 bits per heavy atom. The van der Waals surface area contributed by atoms with Gasteiger partial charge < -0.3 is 9.72 Å². The van der Waals surface area contributed by atoms with Gasteiger partial charge in [0, 0.05) is 49.2 Å². The number of carbonyl (C=O) groups is 1. The van der Waals surface area contributed by atoms with Crippen LogP contribution in [0.1, 0.15) is 6.92 Å². The van der Waals surface area contributed by atoms with E-state index in [1.54, 1.807) is 48.9 Å². The van der Waals surface area contributed by atoms with Crippen LogP contribution in [0.25, 0.3) is 33.5 Å². The molecule has 5 rings (SSSR count). The van der Waals surface area contributed by atoms with Crippen LogP contribution < -0.4 is 10.2 Å². The highest BCUT2D eigenvalue weighted by atomic mass is 16.5. The van der Waals surface area contributed by atoms with E-state index in [9.17, 15) is 4.79 Å². The first kappa shape index (κ1) is 21.9. The zero-order valence-electron chi connectivity index (χ0n) is 19.0. The van der Waals surface area contributed by atoms with Gasteiger partial charge in [0.25, 0.3) is 0 Å². The lowest BCUT2D eigenvalue weighted by Gasteiger charge is -2.15. The summed E-state index contributed by atoms with van der Waals surface area (Å²) in [6.45, 7) is 1.99. The Morgan fingerprint density at radius 2 is 1.77 bits per heavy atom. The molecule has 0 bridgehead atoms. The molecule has 0 unspecified atom stereocenters. The van der Waals surface area contributed by atoms with Crippen molar-refractivity contribution in [2.75, 3.05) is 23.9 Å². The summed E-state index contributed by atoms with van der Waals surface area (Å²) in [5.74, 6) is 2.02. The minimum atomic E-state index is -0.592. The molecule has 0 radical (unpaired) electrons. The molecule has 5 aromatic rings. The van der Waals surface area contributed by atoms with Crippen LogP contribution in [0.5, 0.6) is 0 Å². The summed E-state index contributed by atoms with van der Waals surface area (Å²) in [6, 6.07) is 11.2. The summed E-state index contributed by atoms with van der Waals surface area (Å²) >= 11 is 0. The van der Waals surface area contributed by atoms with Gasteiger partial charge in [-0.1, -0.05) is 6.07 Å². The SMILES string of the molecule is CCOC(=O)Nc1nc2c(-c3ncccn3)cc(-c3cnc(N(C)c4ccccn4)nc3)cc2[nH]1. The van der Waals surface area contributed by atoms with Crippen LogP contribution in [0.3, 0.4) is 0 Å².